The summed E-state index contributed by atoms with van der Waals surface area (Å²) >= 11 is 11.6. The number of halogens is 2. The zero-order valence-corrected chi connectivity index (χ0v) is 12.5. The molecule has 2 nitrogen and oxygen atoms in total. The van der Waals surface area contributed by atoms with Gasteiger partial charge in [0, 0.05) is 11.4 Å². The van der Waals surface area contributed by atoms with Gasteiger partial charge in [0.2, 0.25) is 0 Å². The first-order chi connectivity index (χ1) is 9.19. The lowest BCUT2D eigenvalue weighted by molar-refractivity contribution is 0.483. The number of hydrogen-bond donors (Lipinski definition) is 1. The number of likely N-dealkylation sites (N-methyl/N-ethyl adjacent to an activating group) is 1. The van der Waals surface area contributed by atoms with Gasteiger partial charge in [-0.15, -0.1) is 23.2 Å². The molecule has 0 radical (unpaired) electrons. The highest BCUT2D eigenvalue weighted by atomic mass is 35.5. The third-order valence-electron chi connectivity index (χ3n) is 3.23. The van der Waals surface area contributed by atoms with Gasteiger partial charge < -0.3 is 9.73 Å². The van der Waals surface area contributed by atoms with Crippen molar-refractivity contribution in [3.8, 4) is 0 Å². The van der Waals surface area contributed by atoms with E-state index in [1.165, 1.54) is 5.56 Å². The smallest absolute Gasteiger partial charge is 0.134 e. The van der Waals surface area contributed by atoms with Gasteiger partial charge in [0.1, 0.15) is 10.4 Å². The molecule has 104 valence electrons. The van der Waals surface area contributed by atoms with Crippen LogP contribution < -0.4 is 5.32 Å². The topological polar surface area (TPSA) is 25.2 Å². The highest BCUT2D eigenvalue weighted by molar-refractivity contribution is 6.44. The third-order valence-corrected chi connectivity index (χ3v) is 3.67. The summed E-state index contributed by atoms with van der Waals surface area (Å²) in [6.45, 7) is 3.06. The molecule has 1 aromatic carbocycles. The van der Waals surface area contributed by atoms with Crippen LogP contribution in [0.25, 0.3) is 11.0 Å². The molecular formula is C15H19Cl2NO. The highest BCUT2D eigenvalue weighted by Gasteiger charge is 2.11. The molecule has 0 fully saturated rings. The fourth-order valence-electron chi connectivity index (χ4n) is 2.30. The third kappa shape index (κ3) is 4.41. The Labute approximate surface area is 124 Å². The Kier molecular flexibility index (Phi) is 5.56. The fourth-order valence-corrected chi connectivity index (χ4v) is 2.55. The molecule has 0 saturated carbocycles. The minimum Gasteiger partial charge on any atom is -0.464 e. The number of fused-ring (bicyclic) bond motifs is 1. The number of furan rings is 1. The van der Waals surface area contributed by atoms with Crippen LogP contribution in [0.5, 0.6) is 0 Å². The zero-order valence-electron chi connectivity index (χ0n) is 11.0. The van der Waals surface area contributed by atoms with Crippen molar-refractivity contribution >= 4 is 34.2 Å². The lowest BCUT2D eigenvalue weighted by Gasteiger charge is -2.18. The van der Waals surface area contributed by atoms with E-state index >= 15 is 0 Å². The van der Waals surface area contributed by atoms with E-state index in [1.807, 2.05) is 6.07 Å². The maximum atomic E-state index is 5.81. The van der Waals surface area contributed by atoms with E-state index in [-0.39, 0.29) is 4.84 Å². The van der Waals surface area contributed by atoms with Gasteiger partial charge in [0.25, 0.3) is 0 Å². The Morgan fingerprint density at radius 3 is 2.79 bits per heavy atom. The molecule has 0 amide bonds. The van der Waals surface area contributed by atoms with Gasteiger partial charge in [-0.1, -0.05) is 19.1 Å². The molecule has 1 unspecified atom stereocenters. The van der Waals surface area contributed by atoms with Crippen molar-refractivity contribution in [1.29, 1.82) is 0 Å². The monoisotopic (exact) mass is 299 g/mol. The molecule has 0 aliphatic heterocycles. The van der Waals surface area contributed by atoms with Crippen molar-refractivity contribution in [2.24, 2.45) is 0 Å². The lowest BCUT2D eigenvalue weighted by atomic mass is 10.0. The normalized spacial score (nSPS) is 13.3. The molecule has 1 N–H and O–H groups in total. The second-order valence-electron chi connectivity index (χ2n) is 4.72. The van der Waals surface area contributed by atoms with Gasteiger partial charge in [0.05, 0.1) is 6.26 Å². The summed E-state index contributed by atoms with van der Waals surface area (Å²) in [6.07, 6.45) is 4.47. The predicted molar refractivity (Wildman–Crippen MR) is 82.1 cm³/mol. The van der Waals surface area contributed by atoms with Crippen molar-refractivity contribution in [1.82, 2.24) is 5.32 Å². The maximum Gasteiger partial charge on any atom is 0.134 e. The van der Waals surface area contributed by atoms with E-state index in [2.05, 4.69) is 30.4 Å². The molecule has 0 bridgehead atoms. The SMILES string of the molecule is CCNC(CCC(Cl)Cl)Cc1ccc2ccoc2c1. The van der Waals surface area contributed by atoms with Crippen LogP contribution in [0.4, 0.5) is 0 Å². The minimum absolute atomic E-state index is 0.284. The molecule has 2 aromatic rings. The van der Waals surface area contributed by atoms with Crippen LogP contribution in [0.3, 0.4) is 0 Å². The lowest BCUT2D eigenvalue weighted by Crippen LogP contribution is -2.31. The molecule has 0 aliphatic carbocycles. The zero-order chi connectivity index (χ0) is 13.7. The fraction of sp³-hybridized carbons (Fsp3) is 0.467. The molecule has 1 aromatic heterocycles. The second-order valence-corrected chi connectivity index (χ2v) is 6.00. The molecule has 0 spiro atoms. The Morgan fingerprint density at radius 1 is 1.21 bits per heavy atom. The number of benzene rings is 1. The van der Waals surface area contributed by atoms with E-state index in [0.717, 1.165) is 36.8 Å². The molecule has 0 saturated heterocycles. The van der Waals surface area contributed by atoms with Gasteiger partial charge in [-0.2, -0.15) is 0 Å². The first-order valence-corrected chi connectivity index (χ1v) is 7.54. The first kappa shape index (κ1) is 14.7. The first-order valence-electron chi connectivity index (χ1n) is 6.66. The predicted octanol–water partition coefficient (Wildman–Crippen LogP) is 4.54. The van der Waals surface area contributed by atoms with Crippen LogP contribution in [-0.2, 0) is 6.42 Å². The summed E-state index contributed by atoms with van der Waals surface area (Å²) in [5.74, 6) is 0. The van der Waals surface area contributed by atoms with Crippen LogP contribution >= 0.6 is 23.2 Å². The molecule has 1 heterocycles. The van der Waals surface area contributed by atoms with E-state index in [4.69, 9.17) is 27.6 Å². The van der Waals surface area contributed by atoms with Gasteiger partial charge >= 0.3 is 0 Å². The summed E-state index contributed by atoms with van der Waals surface area (Å²) in [5, 5.41) is 4.62. The van der Waals surface area contributed by atoms with Crippen LogP contribution in [0, 0.1) is 0 Å². The summed E-state index contributed by atoms with van der Waals surface area (Å²) < 4.78 is 5.44. The molecular weight excluding hydrogens is 281 g/mol. The van der Waals surface area contributed by atoms with Crippen LogP contribution in [0.2, 0.25) is 0 Å². The molecule has 2 rings (SSSR count). The van der Waals surface area contributed by atoms with E-state index in [9.17, 15) is 0 Å². The van der Waals surface area contributed by atoms with Crippen LogP contribution in [0.15, 0.2) is 34.9 Å². The average Bonchev–Trinajstić information content (AvgIpc) is 2.83. The highest BCUT2D eigenvalue weighted by Crippen LogP contribution is 2.19. The maximum absolute atomic E-state index is 5.81. The van der Waals surface area contributed by atoms with Crippen LogP contribution in [0.1, 0.15) is 25.3 Å². The molecule has 19 heavy (non-hydrogen) atoms. The van der Waals surface area contributed by atoms with E-state index in [1.54, 1.807) is 6.26 Å². The van der Waals surface area contributed by atoms with Gasteiger partial charge in [-0.25, -0.2) is 0 Å². The average molecular weight is 300 g/mol. The van der Waals surface area contributed by atoms with Gasteiger partial charge in [-0.3, -0.25) is 0 Å². The number of nitrogens with one attached hydrogen (secondary N) is 1. The quantitative estimate of drug-likeness (QED) is 0.760. The van der Waals surface area contributed by atoms with Crippen molar-refractivity contribution in [2.45, 2.75) is 37.1 Å². The largest absolute Gasteiger partial charge is 0.464 e. The minimum atomic E-state index is -0.284. The standard InChI is InChI=1S/C15H19Cl2NO/c1-2-18-13(5-6-15(16)17)9-11-3-4-12-7-8-19-14(12)10-11/h3-4,7-8,10,13,15,18H,2,5-6,9H2,1H3. The van der Waals surface area contributed by atoms with Crippen molar-refractivity contribution in [3.05, 3.63) is 36.1 Å². The Hall–Kier alpha value is -0.700. The summed E-state index contributed by atoms with van der Waals surface area (Å²) in [7, 11) is 0. The van der Waals surface area contributed by atoms with Crippen molar-refractivity contribution in [2.75, 3.05) is 6.54 Å². The van der Waals surface area contributed by atoms with Crippen LogP contribution in [-0.4, -0.2) is 17.4 Å². The van der Waals surface area contributed by atoms with Crippen molar-refractivity contribution in [3.63, 3.8) is 0 Å². The Morgan fingerprint density at radius 2 is 2.05 bits per heavy atom. The number of hydrogen-bond acceptors (Lipinski definition) is 2. The number of rotatable bonds is 7. The van der Waals surface area contributed by atoms with Gasteiger partial charge in [0.15, 0.2) is 0 Å². The van der Waals surface area contributed by atoms with E-state index in [0.29, 0.717) is 6.04 Å². The summed E-state index contributed by atoms with van der Waals surface area (Å²) in [6, 6.07) is 8.74. The summed E-state index contributed by atoms with van der Waals surface area (Å²) in [5.41, 5.74) is 2.22. The van der Waals surface area contributed by atoms with E-state index < -0.39 is 0 Å². The molecule has 4 heteroatoms. The summed E-state index contributed by atoms with van der Waals surface area (Å²) in [4.78, 5) is -0.284. The van der Waals surface area contributed by atoms with Gasteiger partial charge in [-0.05, 0) is 43.5 Å². The Bertz CT molecular complexity index is 510. The second kappa shape index (κ2) is 7.18. The number of alkyl halides is 2. The molecule has 0 aliphatic rings. The Balaban J connectivity index is 2.02. The molecule has 1 atom stereocenters. The van der Waals surface area contributed by atoms with Crippen molar-refractivity contribution < 1.29 is 4.42 Å².